The van der Waals surface area contributed by atoms with E-state index in [9.17, 15) is 0 Å². The van der Waals surface area contributed by atoms with Crippen molar-refractivity contribution in [1.29, 1.82) is 0 Å². The van der Waals surface area contributed by atoms with Crippen LogP contribution in [0.15, 0.2) is 24.3 Å². The monoisotopic (exact) mass is 192 g/mol. The summed E-state index contributed by atoms with van der Waals surface area (Å²) < 4.78 is 5.63. The Morgan fingerprint density at radius 1 is 1.43 bits per heavy atom. The molecule has 1 atom stereocenters. The van der Waals surface area contributed by atoms with Crippen LogP contribution in [-0.2, 0) is 0 Å². The lowest BCUT2D eigenvalue weighted by Gasteiger charge is -2.13. The molecule has 1 fully saturated rings. The van der Waals surface area contributed by atoms with Gasteiger partial charge in [0.15, 0.2) is 0 Å². The zero-order chi connectivity index (χ0) is 9.80. The molecule has 1 aromatic rings. The maximum absolute atomic E-state index is 5.63. The van der Waals surface area contributed by atoms with E-state index in [2.05, 4.69) is 23.5 Å². The van der Waals surface area contributed by atoms with Crippen LogP contribution in [0.25, 0.3) is 0 Å². The molecular weight excluding hydrogens is 174 g/mol. The highest BCUT2D eigenvalue weighted by molar-refractivity contribution is 5.35. The lowest BCUT2D eigenvalue weighted by molar-refractivity contribution is -0.676. The van der Waals surface area contributed by atoms with Gasteiger partial charge in [0, 0.05) is 12.8 Å². The summed E-state index contributed by atoms with van der Waals surface area (Å²) >= 11 is 0. The van der Waals surface area contributed by atoms with Crippen molar-refractivity contribution in [1.82, 2.24) is 0 Å². The zero-order valence-electron chi connectivity index (χ0n) is 8.70. The number of ether oxygens (including phenoxy) is 1. The van der Waals surface area contributed by atoms with Crippen molar-refractivity contribution >= 4 is 0 Å². The van der Waals surface area contributed by atoms with Crippen molar-refractivity contribution in [2.75, 3.05) is 13.2 Å². The van der Waals surface area contributed by atoms with Crippen LogP contribution >= 0.6 is 0 Å². The zero-order valence-corrected chi connectivity index (χ0v) is 8.70. The minimum atomic E-state index is 0.623. The van der Waals surface area contributed by atoms with E-state index in [-0.39, 0.29) is 0 Å². The maximum Gasteiger partial charge on any atom is 0.128 e. The highest BCUT2D eigenvalue weighted by Gasteiger charge is 2.23. The normalized spacial score (nSPS) is 21.1. The number of nitrogens with two attached hydrogens (primary N) is 1. The molecule has 0 unspecified atom stereocenters. The summed E-state index contributed by atoms with van der Waals surface area (Å²) in [5, 5.41) is 2.41. The van der Waals surface area contributed by atoms with Crippen LogP contribution < -0.4 is 10.1 Å². The molecule has 0 bridgehead atoms. The first-order valence-corrected chi connectivity index (χ1v) is 5.47. The molecule has 2 N–H and O–H groups in total. The number of para-hydroxylation sites is 1. The quantitative estimate of drug-likeness (QED) is 0.771. The van der Waals surface area contributed by atoms with Crippen molar-refractivity contribution in [3.8, 4) is 5.75 Å². The molecule has 76 valence electrons. The van der Waals surface area contributed by atoms with Crippen molar-refractivity contribution in [3.05, 3.63) is 29.8 Å². The molecular formula is C12H18NO+. The second-order valence-corrected chi connectivity index (χ2v) is 3.74. The van der Waals surface area contributed by atoms with E-state index in [0.717, 1.165) is 12.4 Å². The summed E-state index contributed by atoms with van der Waals surface area (Å²) in [5.41, 5.74) is 1.37. The minimum Gasteiger partial charge on any atom is -0.493 e. The van der Waals surface area contributed by atoms with Crippen molar-refractivity contribution < 1.29 is 10.1 Å². The third kappa shape index (κ3) is 1.90. The van der Waals surface area contributed by atoms with E-state index in [1.54, 1.807) is 0 Å². The minimum absolute atomic E-state index is 0.623. The van der Waals surface area contributed by atoms with Gasteiger partial charge >= 0.3 is 0 Å². The van der Waals surface area contributed by atoms with Gasteiger partial charge in [-0.15, -0.1) is 0 Å². The molecule has 2 nitrogen and oxygen atoms in total. The van der Waals surface area contributed by atoms with Crippen LogP contribution in [0.2, 0.25) is 0 Å². The van der Waals surface area contributed by atoms with Gasteiger partial charge < -0.3 is 10.1 Å². The predicted octanol–water partition coefficient (Wildman–Crippen LogP) is 1.48. The van der Waals surface area contributed by atoms with Gasteiger partial charge in [0.05, 0.1) is 18.7 Å². The van der Waals surface area contributed by atoms with E-state index in [0.29, 0.717) is 6.04 Å². The van der Waals surface area contributed by atoms with Gasteiger partial charge in [0.1, 0.15) is 11.8 Å². The van der Waals surface area contributed by atoms with E-state index in [1.807, 2.05) is 13.0 Å². The number of rotatable bonds is 3. The molecule has 1 saturated heterocycles. The molecule has 1 aliphatic heterocycles. The van der Waals surface area contributed by atoms with E-state index in [1.165, 1.54) is 24.9 Å². The highest BCUT2D eigenvalue weighted by Crippen LogP contribution is 2.26. The summed E-state index contributed by atoms with van der Waals surface area (Å²) in [6.45, 7) is 4.05. The molecule has 1 aliphatic rings. The molecule has 14 heavy (non-hydrogen) atoms. The van der Waals surface area contributed by atoms with E-state index < -0.39 is 0 Å². The Kier molecular flexibility index (Phi) is 3.04. The van der Waals surface area contributed by atoms with Gasteiger partial charge in [-0.2, -0.15) is 0 Å². The molecule has 0 spiro atoms. The van der Waals surface area contributed by atoms with Gasteiger partial charge in [0.25, 0.3) is 0 Å². The Hall–Kier alpha value is -1.02. The average Bonchev–Trinajstić information content (AvgIpc) is 2.72. The second kappa shape index (κ2) is 4.47. The third-order valence-corrected chi connectivity index (χ3v) is 2.79. The first-order chi connectivity index (χ1) is 6.92. The first-order valence-electron chi connectivity index (χ1n) is 5.47. The Labute approximate surface area is 85.3 Å². The van der Waals surface area contributed by atoms with Crippen LogP contribution in [0.5, 0.6) is 5.75 Å². The Balaban J connectivity index is 2.21. The molecule has 1 aromatic carbocycles. The smallest absolute Gasteiger partial charge is 0.128 e. The standard InChI is InChI=1S/C12H17NO/c1-2-14-12-8-4-3-6-10(12)11-7-5-9-13-11/h3-4,6,8,11,13H,2,5,7,9H2,1H3/p+1/t11-/m0/s1. The SMILES string of the molecule is CCOc1ccccc1[C@@H]1CCC[NH2+]1. The molecule has 0 amide bonds. The molecule has 1 heterocycles. The summed E-state index contributed by atoms with van der Waals surface area (Å²) in [7, 11) is 0. The van der Waals surface area contributed by atoms with Crippen LogP contribution in [-0.4, -0.2) is 13.2 Å². The topological polar surface area (TPSA) is 25.8 Å². The summed E-state index contributed by atoms with van der Waals surface area (Å²) in [6, 6.07) is 9.04. The predicted molar refractivity (Wildman–Crippen MR) is 56.4 cm³/mol. The third-order valence-electron chi connectivity index (χ3n) is 2.79. The summed E-state index contributed by atoms with van der Waals surface area (Å²) in [6.07, 6.45) is 2.61. The fourth-order valence-electron chi connectivity index (χ4n) is 2.13. The van der Waals surface area contributed by atoms with Gasteiger partial charge in [-0.3, -0.25) is 0 Å². The summed E-state index contributed by atoms with van der Waals surface area (Å²) in [5.74, 6) is 1.07. The van der Waals surface area contributed by atoms with Gasteiger partial charge in [0.2, 0.25) is 0 Å². The molecule has 0 radical (unpaired) electrons. The lowest BCUT2D eigenvalue weighted by atomic mass is 10.0. The van der Waals surface area contributed by atoms with Gasteiger partial charge in [-0.1, -0.05) is 12.1 Å². The largest absolute Gasteiger partial charge is 0.493 e. The number of hydrogen-bond donors (Lipinski definition) is 1. The number of hydrogen-bond acceptors (Lipinski definition) is 1. The van der Waals surface area contributed by atoms with E-state index >= 15 is 0 Å². The highest BCUT2D eigenvalue weighted by atomic mass is 16.5. The Morgan fingerprint density at radius 2 is 2.29 bits per heavy atom. The fraction of sp³-hybridized carbons (Fsp3) is 0.500. The maximum atomic E-state index is 5.63. The lowest BCUT2D eigenvalue weighted by Crippen LogP contribution is -2.81. The second-order valence-electron chi connectivity index (χ2n) is 3.74. The Morgan fingerprint density at radius 3 is 3.00 bits per heavy atom. The van der Waals surface area contributed by atoms with Crippen molar-refractivity contribution in [3.63, 3.8) is 0 Å². The Bertz CT molecular complexity index is 292. The van der Waals surface area contributed by atoms with E-state index in [4.69, 9.17) is 4.74 Å². The molecule has 0 saturated carbocycles. The van der Waals surface area contributed by atoms with Crippen LogP contribution in [0.1, 0.15) is 31.4 Å². The van der Waals surface area contributed by atoms with Crippen LogP contribution in [0.4, 0.5) is 0 Å². The average molecular weight is 192 g/mol. The van der Waals surface area contributed by atoms with Crippen molar-refractivity contribution in [2.45, 2.75) is 25.8 Å². The number of benzene rings is 1. The fourth-order valence-corrected chi connectivity index (χ4v) is 2.13. The molecule has 2 heteroatoms. The number of quaternary nitrogens is 1. The van der Waals surface area contributed by atoms with Crippen LogP contribution in [0, 0.1) is 0 Å². The molecule has 0 aromatic heterocycles. The van der Waals surface area contributed by atoms with Crippen LogP contribution in [0.3, 0.4) is 0 Å². The van der Waals surface area contributed by atoms with Gasteiger partial charge in [-0.25, -0.2) is 0 Å². The molecule has 2 rings (SSSR count). The van der Waals surface area contributed by atoms with Crippen molar-refractivity contribution in [2.24, 2.45) is 0 Å². The molecule has 0 aliphatic carbocycles. The first kappa shape index (κ1) is 9.53. The summed E-state index contributed by atoms with van der Waals surface area (Å²) in [4.78, 5) is 0. The van der Waals surface area contributed by atoms with Gasteiger partial charge in [-0.05, 0) is 19.1 Å².